The van der Waals surface area contributed by atoms with Crippen molar-refractivity contribution in [1.29, 1.82) is 0 Å². The van der Waals surface area contributed by atoms with Crippen molar-refractivity contribution in [3.05, 3.63) is 69.6 Å². The Kier molecular flexibility index (Phi) is 4.29. The van der Waals surface area contributed by atoms with E-state index in [-0.39, 0.29) is 6.04 Å². The molecule has 0 fully saturated rings. The molecule has 0 amide bonds. The Hall–Kier alpha value is -1.35. The van der Waals surface area contributed by atoms with Gasteiger partial charge in [-0.15, -0.1) is 11.3 Å². The van der Waals surface area contributed by atoms with E-state index in [1.54, 1.807) is 11.3 Å². The molecule has 0 radical (unpaired) electrons. The number of halogens is 1. The molecule has 0 saturated heterocycles. The molecule has 0 aliphatic rings. The van der Waals surface area contributed by atoms with Gasteiger partial charge < -0.3 is 5.32 Å². The molecule has 0 aliphatic carbocycles. The van der Waals surface area contributed by atoms with Crippen LogP contribution in [-0.2, 0) is 0 Å². The average molecular weight is 316 g/mol. The number of aryl methyl sites for hydroxylation is 1. The van der Waals surface area contributed by atoms with Crippen LogP contribution in [0.1, 0.15) is 29.7 Å². The van der Waals surface area contributed by atoms with Crippen LogP contribution in [0.3, 0.4) is 0 Å². The quantitative estimate of drug-likeness (QED) is 0.664. The summed E-state index contributed by atoms with van der Waals surface area (Å²) in [6, 6.07) is 15.0. The van der Waals surface area contributed by atoms with E-state index in [0.717, 1.165) is 11.6 Å². The van der Waals surface area contributed by atoms with E-state index < -0.39 is 0 Å². The molecule has 2 aromatic carbocycles. The van der Waals surface area contributed by atoms with Crippen LogP contribution in [0.25, 0.3) is 10.1 Å². The summed E-state index contributed by atoms with van der Waals surface area (Å²) >= 11 is 8.05. The Morgan fingerprint density at radius 3 is 2.76 bits per heavy atom. The van der Waals surface area contributed by atoms with Gasteiger partial charge in [0, 0.05) is 9.72 Å². The van der Waals surface area contributed by atoms with Crippen LogP contribution in [0.15, 0.2) is 47.8 Å². The molecule has 1 nitrogen and oxygen atoms in total. The highest BCUT2D eigenvalue weighted by molar-refractivity contribution is 7.17. The van der Waals surface area contributed by atoms with Crippen molar-refractivity contribution in [3.63, 3.8) is 0 Å². The minimum absolute atomic E-state index is 0.184. The van der Waals surface area contributed by atoms with E-state index in [4.69, 9.17) is 11.6 Å². The number of hydrogen-bond donors (Lipinski definition) is 1. The van der Waals surface area contributed by atoms with Gasteiger partial charge in [-0.2, -0.15) is 0 Å². The molecule has 1 unspecified atom stereocenters. The fourth-order valence-corrected chi connectivity index (χ4v) is 4.05. The molecular formula is C18H18ClNS. The molecule has 1 heterocycles. The van der Waals surface area contributed by atoms with Crippen molar-refractivity contribution in [2.45, 2.75) is 19.9 Å². The van der Waals surface area contributed by atoms with Gasteiger partial charge in [-0.25, -0.2) is 0 Å². The minimum Gasteiger partial charge on any atom is -0.306 e. The van der Waals surface area contributed by atoms with Crippen LogP contribution in [0.4, 0.5) is 0 Å². The lowest BCUT2D eigenvalue weighted by molar-refractivity contribution is 0.635. The predicted molar refractivity (Wildman–Crippen MR) is 93.5 cm³/mol. The normalized spacial score (nSPS) is 12.7. The second-order valence-corrected chi connectivity index (χ2v) is 6.59. The summed E-state index contributed by atoms with van der Waals surface area (Å²) in [7, 11) is 0. The standard InChI is InChI=1S/C18H18ClNS/c1-3-20-18(13-8-12(2)9-14(19)10-13)16-11-21-17-7-5-4-6-15(16)17/h4-11,18,20H,3H2,1-2H3. The third kappa shape index (κ3) is 2.98. The lowest BCUT2D eigenvalue weighted by Gasteiger charge is -2.19. The molecule has 0 bridgehead atoms. The molecule has 3 aromatic rings. The zero-order valence-electron chi connectivity index (χ0n) is 12.2. The van der Waals surface area contributed by atoms with Gasteiger partial charge in [-0.05, 0) is 59.1 Å². The van der Waals surface area contributed by atoms with Gasteiger partial charge in [-0.3, -0.25) is 0 Å². The van der Waals surface area contributed by atoms with Gasteiger partial charge in [0.2, 0.25) is 0 Å². The zero-order chi connectivity index (χ0) is 14.8. The SMILES string of the molecule is CCNC(c1cc(C)cc(Cl)c1)c1csc2ccccc12. The monoisotopic (exact) mass is 315 g/mol. The Bertz CT molecular complexity index is 743. The third-order valence-electron chi connectivity index (χ3n) is 3.63. The molecule has 21 heavy (non-hydrogen) atoms. The molecule has 1 atom stereocenters. The Morgan fingerprint density at radius 1 is 1.19 bits per heavy atom. The van der Waals surface area contributed by atoms with Crippen LogP contribution in [-0.4, -0.2) is 6.54 Å². The molecule has 1 N–H and O–H groups in total. The fraction of sp³-hybridized carbons (Fsp3) is 0.222. The third-order valence-corrected chi connectivity index (χ3v) is 4.83. The summed E-state index contributed by atoms with van der Waals surface area (Å²) in [6.45, 7) is 5.14. The first kappa shape index (κ1) is 14.6. The van der Waals surface area contributed by atoms with Crippen molar-refractivity contribution in [2.24, 2.45) is 0 Å². The minimum atomic E-state index is 0.184. The topological polar surface area (TPSA) is 12.0 Å². The van der Waals surface area contributed by atoms with Gasteiger partial charge in [0.25, 0.3) is 0 Å². The lowest BCUT2D eigenvalue weighted by Crippen LogP contribution is -2.21. The number of hydrogen-bond acceptors (Lipinski definition) is 2. The highest BCUT2D eigenvalue weighted by Crippen LogP contribution is 2.34. The van der Waals surface area contributed by atoms with Crippen LogP contribution < -0.4 is 5.32 Å². The predicted octanol–water partition coefficient (Wildman–Crippen LogP) is 5.56. The number of fused-ring (bicyclic) bond motifs is 1. The van der Waals surface area contributed by atoms with Crippen LogP contribution in [0.5, 0.6) is 0 Å². The van der Waals surface area contributed by atoms with E-state index >= 15 is 0 Å². The molecular weight excluding hydrogens is 298 g/mol. The molecule has 0 aliphatic heterocycles. The summed E-state index contributed by atoms with van der Waals surface area (Å²) in [5.41, 5.74) is 3.75. The first-order chi connectivity index (χ1) is 10.2. The van der Waals surface area contributed by atoms with E-state index in [0.29, 0.717) is 0 Å². The summed E-state index contributed by atoms with van der Waals surface area (Å²) in [5, 5.41) is 7.98. The maximum atomic E-state index is 6.25. The largest absolute Gasteiger partial charge is 0.306 e. The van der Waals surface area contributed by atoms with Gasteiger partial charge >= 0.3 is 0 Å². The number of nitrogens with one attached hydrogen (secondary N) is 1. The summed E-state index contributed by atoms with van der Waals surface area (Å²) in [6.07, 6.45) is 0. The molecule has 108 valence electrons. The van der Waals surface area contributed by atoms with E-state index in [1.165, 1.54) is 26.8 Å². The summed E-state index contributed by atoms with van der Waals surface area (Å²) < 4.78 is 1.33. The van der Waals surface area contributed by atoms with Crippen molar-refractivity contribution >= 4 is 33.0 Å². The molecule has 1 aromatic heterocycles. The second kappa shape index (κ2) is 6.18. The first-order valence-corrected chi connectivity index (χ1v) is 8.41. The van der Waals surface area contributed by atoms with Crippen molar-refractivity contribution < 1.29 is 0 Å². The van der Waals surface area contributed by atoms with E-state index in [2.05, 4.69) is 60.9 Å². The van der Waals surface area contributed by atoms with Crippen molar-refractivity contribution in [3.8, 4) is 0 Å². The van der Waals surface area contributed by atoms with Gasteiger partial charge in [0.1, 0.15) is 0 Å². The van der Waals surface area contributed by atoms with Gasteiger partial charge in [0.05, 0.1) is 6.04 Å². The maximum absolute atomic E-state index is 6.25. The van der Waals surface area contributed by atoms with Crippen molar-refractivity contribution in [1.82, 2.24) is 5.32 Å². The fourth-order valence-electron chi connectivity index (χ4n) is 2.76. The molecule has 3 rings (SSSR count). The smallest absolute Gasteiger partial charge is 0.0591 e. The number of thiophene rings is 1. The maximum Gasteiger partial charge on any atom is 0.0591 e. The van der Waals surface area contributed by atoms with Crippen LogP contribution in [0, 0.1) is 6.92 Å². The average Bonchev–Trinajstić information content (AvgIpc) is 2.87. The number of rotatable bonds is 4. The highest BCUT2D eigenvalue weighted by atomic mass is 35.5. The Balaban J connectivity index is 2.13. The van der Waals surface area contributed by atoms with Gasteiger partial charge in [-0.1, -0.05) is 42.8 Å². The van der Waals surface area contributed by atoms with Crippen LogP contribution >= 0.6 is 22.9 Å². The highest BCUT2D eigenvalue weighted by Gasteiger charge is 2.17. The lowest BCUT2D eigenvalue weighted by atomic mass is 9.97. The summed E-state index contributed by atoms with van der Waals surface area (Å²) in [5.74, 6) is 0. The molecule has 0 spiro atoms. The zero-order valence-corrected chi connectivity index (χ0v) is 13.8. The Morgan fingerprint density at radius 2 is 2.00 bits per heavy atom. The van der Waals surface area contributed by atoms with Crippen molar-refractivity contribution in [2.75, 3.05) is 6.54 Å². The summed E-state index contributed by atoms with van der Waals surface area (Å²) in [4.78, 5) is 0. The molecule has 0 saturated carbocycles. The Labute approximate surface area is 134 Å². The van der Waals surface area contributed by atoms with Gasteiger partial charge in [0.15, 0.2) is 0 Å². The number of benzene rings is 2. The second-order valence-electron chi connectivity index (χ2n) is 5.24. The molecule has 3 heteroatoms. The van der Waals surface area contributed by atoms with Crippen LogP contribution in [0.2, 0.25) is 5.02 Å². The van der Waals surface area contributed by atoms with E-state index in [1.807, 2.05) is 6.07 Å². The van der Waals surface area contributed by atoms with E-state index in [9.17, 15) is 0 Å². The first-order valence-electron chi connectivity index (χ1n) is 7.15.